The summed E-state index contributed by atoms with van der Waals surface area (Å²) in [5.74, 6) is 0.788. The summed E-state index contributed by atoms with van der Waals surface area (Å²) in [4.78, 5) is 0.572. The molecule has 84 valence electrons. The molecule has 0 aliphatic rings. The highest BCUT2D eigenvalue weighted by molar-refractivity contribution is 9.09. The molecule has 0 saturated carbocycles. The lowest BCUT2D eigenvalue weighted by molar-refractivity contribution is 0.289. The molecule has 3 heteroatoms. The van der Waals surface area contributed by atoms with E-state index in [0.717, 1.165) is 19.3 Å². The molecular formula is C12H17BrO2. The number of para-hydroxylation sites is 2. The lowest BCUT2D eigenvalue weighted by Gasteiger charge is -2.07. The van der Waals surface area contributed by atoms with Crippen LogP contribution in [-0.4, -0.2) is 16.5 Å². The fourth-order valence-corrected chi connectivity index (χ4v) is 1.61. The Morgan fingerprint density at radius 2 is 2.07 bits per heavy atom. The van der Waals surface area contributed by atoms with E-state index in [2.05, 4.69) is 22.9 Å². The predicted molar refractivity (Wildman–Crippen MR) is 65.8 cm³/mol. The number of halogens is 1. The van der Waals surface area contributed by atoms with Crippen LogP contribution in [0.1, 0.15) is 26.2 Å². The van der Waals surface area contributed by atoms with Crippen LogP contribution in [0.3, 0.4) is 0 Å². The monoisotopic (exact) mass is 272 g/mol. The second kappa shape index (κ2) is 6.72. The molecule has 0 amide bonds. The Labute approximate surface area is 99.4 Å². The van der Waals surface area contributed by atoms with Crippen LogP contribution >= 0.6 is 15.9 Å². The third-order valence-electron chi connectivity index (χ3n) is 2.12. The van der Waals surface area contributed by atoms with Gasteiger partial charge < -0.3 is 9.84 Å². The molecule has 0 aliphatic heterocycles. The molecule has 0 bridgehead atoms. The zero-order valence-corrected chi connectivity index (χ0v) is 10.5. The molecular weight excluding hydrogens is 256 g/mol. The molecule has 0 fully saturated rings. The Kier molecular flexibility index (Phi) is 5.54. The van der Waals surface area contributed by atoms with Gasteiger partial charge in [0, 0.05) is 4.83 Å². The van der Waals surface area contributed by atoms with Crippen LogP contribution in [0.25, 0.3) is 0 Å². The molecule has 0 heterocycles. The zero-order valence-electron chi connectivity index (χ0n) is 8.95. The van der Waals surface area contributed by atoms with Gasteiger partial charge in [-0.3, -0.25) is 0 Å². The molecule has 15 heavy (non-hydrogen) atoms. The van der Waals surface area contributed by atoms with E-state index in [0.29, 0.717) is 17.2 Å². The Hall–Kier alpha value is -0.700. The summed E-state index contributed by atoms with van der Waals surface area (Å²) in [7, 11) is 0. The summed E-state index contributed by atoms with van der Waals surface area (Å²) in [6.45, 7) is 2.81. The van der Waals surface area contributed by atoms with Gasteiger partial charge in [0.2, 0.25) is 0 Å². The fraction of sp³-hybridized carbons (Fsp3) is 0.500. The quantitative estimate of drug-likeness (QED) is 0.632. The highest BCUT2D eigenvalue weighted by Crippen LogP contribution is 2.24. The number of ether oxygens (including phenoxy) is 1. The summed E-state index contributed by atoms with van der Waals surface area (Å²) in [5, 5.41) is 9.42. The molecule has 1 aromatic carbocycles. The van der Waals surface area contributed by atoms with Crippen LogP contribution < -0.4 is 4.74 Å². The number of hydrogen-bond donors (Lipinski definition) is 1. The van der Waals surface area contributed by atoms with Crippen molar-refractivity contribution in [1.82, 2.24) is 0 Å². The molecule has 0 saturated heterocycles. The lowest BCUT2D eigenvalue weighted by Crippen LogP contribution is -1.99. The molecule has 1 atom stereocenters. The van der Waals surface area contributed by atoms with Crippen LogP contribution in [0.4, 0.5) is 0 Å². The van der Waals surface area contributed by atoms with Gasteiger partial charge in [0.15, 0.2) is 11.5 Å². The first kappa shape index (κ1) is 12.4. The average molecular weight is 273 g/mol. The molecule has 2 nitrogen and oxygen atoms in total. The minimum Gasteiger partial charge on any atom is -0.504 e. The second-order valence-electron chi connectivity index (χ2n) is 3.59. The van der Waals surface area contributed by atoms with Gasteiger partial charge in [-0.1, -0.05) is 35.0 Å². The number of alkyl halides is 1. The molecule has 0 aliphatic carbocycles. The Balaban J connectivity index is 2.18. The summed E-state index contributed by atoms with van der Waals surface area (Å²) in [6.07, 6.45) is 3.31. The normalized spacial score (nSPS) is 12.4. The molecule has 1 unspecified atom stereocenters. The van der Waals surface area contributed by atoms with Gasteiger partial charge in [-0.15, -0.1) is 0 Å². The summed E-state index contributed by atoms with van der Waals surface area (Å²) >= 11 is 3.50. The highest BCUT2D eigenvalue weighted by atomic mass is 79.9. The minimum absolute atomic E-state index is 0.214. The number of rotatable bonds is 6. The van der Waals surface area contributed by atoms with E-state index < -0.39 is 0 Å². The maximum atomic E-state index is 9.42. The molecule has 1 N–H and O–H groups in total. The van der Waals surface area contributed by atoms with E-state index in [1.807, 2.05) is 6.07 Å². The first-order valence-corrected chi connectivity index (χ1v) is 6.16. The Bertz CT molecular complexity index is 287. The van der Waals surface area contributed by atoms with Crippen molar-refractivity contribution in [2.75, 3.05) is 6.61 Å². The molecule has 0 radical (unpaired) electrons. The highest BCUT2D eigenvalue weighted by Gasteiger charge is 2.00. The predicted octanol–water partition coefficient (Wildman–Crippen LogP) is 3.72. The third-order valence-corrected chi connectivity index (χ3v) is 2.58. The third kappa shape index (κ3) is 5.07. The topological polar surface area (TPSA) is 29.5 Å². The van der Waals surface area contributed by atoms with Crippen molar-refractivity contribution in [3.8, 4) is 11.5 Å². The Morgan fingerprint density at radius 3 is 2.73 bits per heavy atom. The van der Waals surface area contributed by atoms with Gasteiger partial charge in [-0.25, -0.2) is 0 Å². The van der Waals surface area contributed by atoms with Gasteiger partial charge in [0.05, 0.1) is 6.61 Å². The van der Waals surface area contributed by atoms with Crippen molar-refractivity contribution in [2.24, 2.45) is 0 Å². The Morgan fingerprint density at radius 1 is 1.33 bits per heavy atom. The van der Waals surface area contributed by atoms with Crippen molar-refractivity contribution >= 4 is 15.9 Å². The van der Waals surface area contributed by atoms with Gasteiger partial charge in [-0.2, -0.15) is 0 Å². The lowest BCUT2D eigenvalue weighted by atomic mass is 10.2. The van der Waals surface area contributed by atoms with Crippen LogP contribution in [0.2, 0.25) is 0 Å². The molecule has 1 aromatic rings. The molecule has 0 spiro atoms. The maximum absolute atomic E-state index is 9.42. The SMILES string of the molecule is CC(Br)CCCCOc1ccccc1O. The summed E-state index contributed by atoms with van der Waals surface area (Å²) < 4.78 is 5.45. The summed E-state index contributed by atoms with van der Waals surface area (Å²) in [5.41, 5.74) is 0. The van der Waals surface area contributed by atoms with E-state index in [1.54, 1.807) is 18.2 Å². The van der Waals surface area contributed by atoms with Crippen LogP contribution in [0.15, 0.2) is 24.3 Å². The van der Waals surface area contributed by atoms with Crippen molar-refractivity contribution in [3.63, 3.8) is 0 Å². The van der Waals surface area contributed by atoms with Crippen LogP contribution in [0.5, 0.6) is 11.5 Å². The number of hydrogen-bond acceptors (Lipinski definition) is 2. The number of phenolic OH excluding ortho intramolecular Hbond substituents is 1. The smallest absolute Gasteiger partial charge is 0.160 e. The van der Waals surface area contributed by atoms with Gasteiger partial charge in [0.25, 0.3) is 0 Å². The van der Waals surface area contributed by atoms with Gasteiger partial charge >= 0.3 is 0 Å². The first-order chi connectivity index (χ1) is 7.20. The largest absolute Gasteiger partial charge is 0.504 e. The van der Waals surface area contributed by atoms with Crippen LogP contribution in [0, 0.1) is 0 Å². The van der Waals surface area contributed by atoms with Crippen molar-refractivity contribution in [2.45, 2.75) is 31.0 Å². The average Bonchev–Trinajstić information content (AvgIpc) is 2.20. The van der Waals surface area contributed by atoms with E-state index in [-0.39, 0.29) is 5.75 Å². The number of unbranched alkanes of at least 4 members (excludes halogenated alkanes) is 1. The fourth-order valence-electron chi connectivity index (χ4n) is 1.29. The van der Waals surface area contributed by atoms with E-state index in [9.17, 15) is 5.11 Å². The first-order valence-electron chi connectivity index (χ1n) is 5.25. The van der Waals surface area contributed by atoms with Crippen molar-refractivity contribution < 1.29 is 9.84 Å². The van der Waals surface area contributed by atoms with Crippen molar-refractivity contribution in [1.29, 1.82) is 0 Å². The maximum Gasteiger partial charge on any atom is 0.160 e. The zero-order chi connectivity index (χ0) is 11.1. The van der Waals surface area contributed by atoms with E-state index in [1.165, 1.54) is 0 Å². The van der Waals surface area contributed by atoms with E-state index >= 15 is 0 Å². The molecule has 0 aromatic heterocycles. The van der Waals surface area contributed by atoms with E-state index in [4.69, 9.17) is 4.74 Å². The van der Waals surface area contributed by atoms with Crippen molar-refractivity contribution in [3.05, 3.63) is 24.3 Å². The molecule has 1 rings (SSSR count). The standard InChI is InChI=1S/C12H17BrO2/c1-10(13)6-4-5-9-15-12-8-3-2-7-11(12)14/h2-3,7-8,10,14H,4-6,9H2,1H3. The van der Waals surface area contributed by atoms with Gasteiger partial charge in [0.1, 0.15) is 0 Å². The van der Waals surface area contributed by atoms with Crippen LogP contribution in [-0.2, 0) is 0 Å². The number of benzene rings is 1. The number of phenols is 1. The van der Waals surface area contributed by atoms with Gasteiger partial charge in [-0.05, 0) is 31.4 Å². The second-order valence-corrected chi connectivity index (χ2v) is 5.16. The minimum atomic E-state index is 0.214. The number of aromatic hydroxyl groups is 1. The summed E-state index contributed by atoms with van der Waals surface area (Å²) in [6, 6.07) is 7.06.